The van der Waals surface area contributed by atoms with Gasteiger partial charge in [-0.05, 0) is 36.4 Å². The molecular formula is C16H12F3N3O3S. The van der Waals surface area contributed by atoms with Crippen LogP contribution in [0.4, 0.5) is 18.9 Å². The summed E-state index contributed by atoms with van der Waals surface area (Å²) >= 11 is 0. The van der Waals surface area contributed by atoms with Gasteiger partial charge in [0.2, 0.25) is 5.91 Å². The number of rotatable bonds is 4. The van der Waals surface area contributed by atoms with Crippen molar-refractivity contribution in [2.75, 3.05) is 11.6 Å². The zero-order valence-electron chi connectivity index (χ0n) is 13.3. The van der Waals surface area contributed by atoms with Crippen LogP contribution in [0.3, 0.4) is 0 Å². The first-order chi connectivity index (χ1) is 12.0. The summed E-state index contributed by atoms with van der Waals surface area (Å²) in [5, 5.41) is 11.6. The van der Waals surface area contributed by atoms with Crippen LogP contribution in [0.5, 0.6) is 0 Å². The van der Waals surface area contributed by atoms with Crippen molar-refractivity contribution in [3.05, 3.63) is 53.9 Å². The number of amides is 1. The highest BCUT2D eigenvalue weighted by molar-refractivity contribution is 7.90. The van der Waals surface area contributed by atoms with Crippen LogP contribution in [-0.2, 0) is 20.8 Å². The molecule has 0 aliphatic rings. The van der Waals surface area contributed by atoms with Crippen molar-refractivity contribution in [2.45, 2.75) is 17.0 Å². The number of anilines is 1. The van der Waals surface area contributed by atoms with E-state index < -0.39 is 33.4 Å². The third-order valence-corrected chi connectivity index (χ3v) is 4.48. The summed E-state index contributed by atoms with van der Waals surface area (Å²) in [6.07, 6.45) is -2.99. The number of aromatic nitrogens is 1. The maximum absolute atomic E-state index is 12.5. The molecule has 0 saturated heterocycles. The van der Waals surface area contributed by atoms with Crippen LogP contribution in [0.2, 0.25) is 0 Å². The first-order valence-electron chi connectivity index (χ1n) is 7.06. The van der Waals surface area contributed by atoms with Crippen LogP contribution in [0.15, 0.2) is 47.5 Å². The average molecular weight is 383 g/mol. The molecule has 0 bridgehead atoms. The van der Waals surface area contributed by atoms with E-state index >= 15 is 0 Å². The molecule has 0 unspecified atom stereocenters. The molecule has 10 heteroatoms. The number of nitrogens with one attached hydrogen (secondary N) is 1. The molecule has 0 radical (unpaired) electrons. The lowest BCUT2D eigenvalue weighted by molar-refractivity contribution is -0.137. The summed E-state index contributed by atoms with van der Waals surface area (Å²) in [6.45, 7) is 0. The normalized spacial score (nSPS) is 12.9. The van der Waals surface area contributed by atoms with Gasteiger partial charge in [-0.3, -0.25) is 9.78 Å². The Balaban J connectivity index is 2.18. The molecule has 26 heavy (non-hydrogen) atoms. The van der Waals surface area contributed by atoms with Crippen molar-refractivity contribution in [1.82, 2.24) is 4.98 Å². The molecule has 1 atom stereocenters. The van der Waals surface area contributed by atoms with Gasteiger partial charge in [0.25, 0.3) is 0 Å². The highest BCUT2D eigenvalue weighted by Crippen LogP contribution is 2.29. The fourth-order valence-electron chi connectivity index (χ4n) is 2.00. The third kappa shape index (κ3) is 4.58. The zero-order chi connectivity index (χ0) is 19.5. The molecule has 1 aromatic carbocycles. The van der Waals surface area contributed by atoms with Gasteiger partial charge in [-0.1, -0.05) is 0 Å². The molecule has 1 aromatic heterocycles. The van der Waals surface area contributed by atoms with Crippen molar-refractivity contribution in [1.29, 1.82) is 5.26 Å². The highest BCUT2D eigenvalue weighted by atomic mass is 32.2. The van der Waals surface area contributed by atoms with Gasteiger partial charge >= 0.3 is 6.18 Å². The molecule has 136 valence electrons. The number of hydrogen-bond donors (Lipinski definition) is 1. The van der Waals surface area contributed by atoms with Crippen molar-refractivity contribution in [2.24, 2.45) is 0 Å². The Morgan fingerprint density at radius 3 is 2.23 bits per heavy atom. The van der Waals surface area contributed by atoms with E-state index in [9.17, 15) is 26.4 Å². The summed E-state index contributed by atoms with van der Waals surface area (Å²) in [5.41, 5.74) is -0.893. The van der Waals surface area contributed by atoms with Crippen molar-refractivity contribution >= 4 is 21.4 Å². The van der Waals surface area contributed by atoms with Crippen LogP contribution in [0.25, 0.3) is 0 Å². The van der Waals surface area contributed by atoms with Crippen molar-refractivity contribution < 1.29 is 26.4 Å². The Morgan fingerprint density at radius 2 is 1.81 bits per heavy atom. The number of nitriles is 1. The maximum atomic E-state index is 12.5. The summed E-state index contributed by atoms with van der Waals surface area (Å²) in [7, 11) is -3.40. The second kappa shape index (κ2) is 7.13. The van der Waals surface area contributed by atoms with Crippen LogP contribution in [-0.4, -0.2) is 25.6 Å². The van der Waals surface area contributed by atoms with E-state index in [0.717, 1.165) is 18.4 Å². The Labute approximate surface area is 147 Å². The predicted molar refractivity (Wildman–Crippen MR) is 85.8 cm³/mol. The van der Waals surface area contributed by atoms with E-state index in [0.29, 0.717) is 6.20 Å². The van der Waals surface area contributed by atoms with Gasteiger partial charge in [-0.25, -0.2) is 8.42 Å². The number of alkyl halides is 3. The molecule has 2 aromatic rings. The van der Waals surface area contributed by atoms with E-state index in [2.05, 4.69) is 10.3 Å². The summed E-state index contributed by atoms with van der Waals surface area (Å²) in [5.74, 6) is -2.22. The summed E-state index contributed by atoms with van der Waals surface area (Å²) < 4.78 is 60.4. The Kier molecular flexibility index (Phi) is 5.32. The van der Waals surface area contributed by atoms with Crippen molar-refractivity contribution in [3.8, 4) is 6.07 Å². The Hall–Kier alpha value is -2.93. The fraction of sp³-hybridized carbons (Fsp3) is 0.188. The van der Waals surface area contributed by atoms with Gasteiger partial charge < -0.3 is 5.32 Å². The number of sulfone groups is 1. The number of pyridine rings is 1. The second-order valence-electron chi connectivity index (χ2n) is 5.32. The first-order valence-corrected chi connectivity index (χ1v) is 8.95. The maximum Gasteiger partial charge on any atom is 0.417 e. The molecule has 1 amide bonds. The lowest BCUT2D eigenvalue weighted by Gasteiger charge is -2.11. The Morgan fingerprint density at radius 1 is 1.19 bits per heavy atom. The smallest absolute Gasteiger partial charge is 0.325 e. The van der Waals surface area contributed by atoms with Gasteiger partial charge in [-0.2, -0.15) is 18.4 Å². The molecule has 2 rings (SSSR count). The topological polar surface area (TPSA) is 99.9 Å². The lowest BCUT2D eigenvalue weighted by Crippen LogP contribution is -2.21. The molecule has 0 fully saturated rings. The lowest BCUT2D eigenvalue weighted by atomic mass is 10.0. The van der Waals surface area contributed by atoms with E-state index in [1.165, 1.54) is 24.3 Å². The molecule has 0 saturated carbocycles. The minimum absolute atomic E-state index is 0.0525. The van der Waals surface area contributed by atoms with Crippen LogP contribution in [0.1, 0.15) is 17.2 Å². The molecular weight excluding hydrogens is 371 g/mol. The first kappa shape index (κ1) is 19.4. The minimum Gasteiger partial charge on any atom is -0.325 e. The highest BCUT2D eigenvalue weighted by Gasteiger charge is 2.31. The van der Waals surface area contributed by atoms with Crippen LogP contribution >= 0.6 is 0 Å². The SMILES string of the molecule is CS(=O)(=O)c1ccc(NC(=O)[C@H](C#N)c2ccc(C(F)(F)F)cn2)cc1. The van der Waals surface area contributed by atoms with E-state index in [-0.39, 0.29) is 16.3 Å². The average Bonchev–Trinajstić information content (AvgIpc) is 2.55. The Bertz CT molecular complexity index is 947. The molecule has 0 aliphatic carbocycles. The second-order valence-corrected chi connectivity index (χ2v) is 7.33. The molecule has 6 nitrogen and oxygen atoms in total. The molecule has 1 N–H and O–H groups in total. The van der Waals surface area contributed by atoms with E-state index in [1.54, 1.807) is 6.07 Å². The van der Waals surface area contributed by atoms with Crippen LogP contribution < -0.4 is 5.32 Å². The largest absolute Gasteiger partial charge is 0.417 e. The number of hydrogen-bond acceptors (Lipinski definition) is 5. The van der Waals surface area contributed by atoms with Gasteiger partial charge in [0, 0.05) is 18.1 Å². The van der Waals surface area contributed by atoms with E-state index in [1.807, 2.05) is 0 Å². The van der Waals surface area contributed by atoms with Crippen molar-refractivity contribution in [3.63, 3.8) is 0 Å². The minimum atomic E-state index is -4.57. The number of nitrogens with zero attached hydrogens (tertiary/aromatic N) is 2. The number of halogens is 3. The zero-order valence-corrected chi connectivity index (χ0v) is 14.1. The number of carbonyl (C=O) groups is 1. The summed E-state index contributed by atoms with van der Waals surface area (Å²) in [4.78, 5) is 15.8. The standard InChI is InChI=1S/C16H12F3N3O3S/c1-26(24,25)12-5-3-11(4-6-12)22-15(23)13(8-20)14-7-2-10(9-21-14)16(17,18)19/h2-7,9,13H,1H3,(H,22,23)/t13-/m1/s1. The molecule has 0 spiro atoms. The number of carbonyl (C=O) groups excluding carboxylic acids is 1. The van der Waals surface area contributed by atoms with E-state index in [4.69, 9.17) is 5.26 Å². The molecule has 1 heterocycles. The monoisotopic (exact) mass is 383 g/mol. The third-order valence-electron chi connectivity index (χ3n) is 3.35. The molecule has 0 aliphatic heterocycles. The van der Waals surface area contributed by atoms with Crippen LogP contribution in [0, 0.1) is 11.3 Å². The summed E-state index contributed by atoms with van der Waals surface area (Å²) in [6, 6.07) is 8.61. The van der Waals surface area contributed by atoms with Gasteiger partial charge in [0.05, 0.1) is 22.2 Å². The van der Waals surface area contributed by atoms with Gasteiger partial charge in [0.15, 0.2) is 15.8 Å². The van der Waals surface area contributed by atoms with Gasteiger partial charge in [0.1, 0.15) is 0 Å². The quantitative estimate of drug-likeness (QED) is 0.875. The van der Waals surface area contributed by atoms with Gasteiger partial charge in [-0.15, -0.1) is 0 Å². The number of benzene rings is 1. The predicted octanol–water partition coefficient (Wildman–Crippen LogP) is 2.75. The fourth-order valence-corrected chi connectivity index (χ4v) is 2.63.